The summed E-state index contributed by atoms with van der Waals surface area (Å²) in [6, 6.07) is 1.95. The molecular formula is C18H25ClN2. The normalized spacial score (nSPS) is 38.0. The molecular weight excluding hydrogens is 280 g/mol. The standard InChI is InChI=1S/C18H25ClN2/c1-17(2,3)14-7-15(19)21-16(20-14)18-8-11-4-12(9-18)6-13(5-11)10-18/h7,11-13H,4-6,8-10H2,1-3H3. The topological polar surface area (TPSA) is 25.8 Å². The Hall–Kier alpha value is -0.630. The minimum Gasteiger partial charge on any atom is -0.237 e. The molecule has 1 aromatic rings. The lowest BCUT2D eigenvalue weighted by molar-refractivity contribution is -0.00956. The fraction of sp³-hybridized carbons (Fsp3) is 0.778. The van der Waals surface area contributed by atoms with E-state index >= 15 is 0 Å². The molecule has 21 heavy (non-hydrogen) atoms. The molecule has 4 fully saturated rings. The van der Waals surface area contributed by atoms with E-state index in [0.717, 1.165) is 29.3 Å². The van der Waals surface area contributed by atoms with Crippen LogP contribution < -0.4 is 0 Å². The molecule has 4 bridgehead atoms. The minimum absolute atomic E-state index is 0.0314. The van der Waals surface area contributed by atoms with Gasteiger partial charge < -0.3 is 0 Å². The second-order valence-electron chi connectivity index (χ2n) is 8.85. The Balaban J connectivity index is 1.78. The first kappa shape index (κ1) is 14.0. The minimum atomic E-state index is 0.0314. The maximum Gasteiger partial charge on any atom is 0.136 e. The summed E-state index contributed by atoms with van der Waals surface area (Å²) in [5.41, 5.74) is 1.36. The monoisotopic (exact) mass is 304 g/mol. The highest BCUT2D eigenvalue weighted by atomic mass is 35.5. The summed E-state index contributed by atoms with van der Waals surface area (Å²) in [5, 5.41) is 0.626. The molecule has 114 valence electrons. The molecule has 0 radical (unpaired) electrons. The maximum absolute atomic E-state index is 6.35. The van der Waals surface area contributed by atoms with Crippen molar-refractivity contribution in [3.63, 3.8) is 0 Å². The molecule has 0 N–H and O–H groups in total. The summed E-state index contributed by atoms with van der Waals surface area (Å²) in [7, 11) is 0. The Kier molecular flexibility index (Phi) is 2.96. The van der Waals surface area contributed by atoms with E-state index in [1.807, 2.05) is 6.07 Å². The fourth-order valence-corrected chi connectivity index (χ4v) is 5.61. The summed E-state index contributed by atoms with van der Waals surface area (Å²) < 4.78 is 0. The second-order valence-corrected chi connectivity index (χ2v) is 9.23. The van der Waals surface area contributed by atoms with E-state index < -0.39 is 0 Å². The first-order valence-electron chi connectivity index (χ1n) is 8.40. The van der Waals surface area contributed by atoms with Crippen LogP contribution in [0.5, 0.6) is 0 Å². The molecule has 0 spiro atoms. The predicted octanol–water partition coefficient (Wildman–Crippen LogP) is 4.90. The largest absolute Gasteiger partial charge is 0.237 e. The third-order valence-electron chi connectivity index (χ3n) is 5.98. The van der Waals surface area contributed by atoms with Gasteiger partial charge >= 0.3 is 0 Å². The number of rotatable bonds is 1. The van der Waals surface area contributed by atoms with Gasteiger partial charge in [0.15, 0.2) is 0 Å². The van der Waals surface area contributed by atoms with Crippen LogP contribution in [0.25, 0.3) is 0 Å². The highest BCUT2D eigenvalue weighted by molar-refractivity contribution is 6.29. The zero-order valence-electron chi connectivity index (χ0n) is 13.3. The van der Waals surface area contributed by atoms with Crippen LogP contribution in [0.4, 0.5) is 0 Å². The lowest BCUT2D eigenvalue weighted by Crippen LogP contribution is -2.49. The van der Waals surface area contributed by atoms with Gasteiger partial charge in [-0.25, -0.2) is 9.97 Å². The molecule has 3 heteroatoms. The highest BCUT2D eigenvalue weighted by Gasteiger charge is 2.53. The van der Waals surface area contributed by atoms with Crippen molar-refractivity contribution in [1.82, 2.24) is 9.97 Å². The number of nitrogens with zero attached hydrogens (tertiary/aromatic N) is 2. The van der Waals surface area contributed by atoms with Gasteiger partial charge in [-0.15, -0.1) is 0 Å². The summed E-state index contributed by atoms with van der Waals surface area (Å²) in [4.78, 5) is 9.69. The van der Waals surface area contributed by atoms with Gasteiger partial charge in [0, 0.05) is 10.8 Å². The van der Waals surface area contributed by atoms with E-state index in [2.05, 4.69) is 20.8 Å². The van der Waals surface area contributed by atoms with Gasteiger partial charge in [-0.3, -0.25) is 0 Å². The van der Waals surface area contributed by atoms with Crippen molar-refractivity contribution in [2.24, 2.45) is 17.8 Å². The van der Waals surface area contributed by atoms with Crippen molar-refractivity contribution in [2.45, 2.75) is 70.1 Å². The van der Waals surface area contributed by atoms with Gasteiger partial charge in [-0.05, 0) is 62.3 Å². The lowest BCUT2D eigenvalue weighted by Gasteiger charge is -2.56. The van der Waals surface area contributed by atoms with E-state index in [4.69, 9.17) is 21.6 Å². The van der Waals surface area contributed by atoms with Crippen molar-refractivity contribution in [1.29, 1.82) is 0 Å². The van der Waals surface area contributed by atoms with Crippen LogP contribution in [0.15, 0.2) is 6.07 Å². The van der Waals surface area contributed by atoms with Crippen LogP contribution in [0.1, 0.15) is 70.8 Å². The van der Waals surface area contributed by atoms with Gasteiger partial charge in [-0.2, -0.15) is 0 Å². The molecule has 4 aliphatic rings. The molecule has 0 amide bonds. The van der Waals surface area contributed by atoms with Crippen molar-refractivity contribution < 1.29 is 0 Å². The van der Waals surface area contributed by atoms with Crippen LogP contribution >= 0.6 is 11.6 Å². The first-order valence-corrected chi connectivity index (χ1v) is 8.77. The van der Waals surface area contributed by atoms with Crippen molar-refractivity contribution in [3.8, 4) is 0 Å². The molecule has 2 nitrogen and oxygen atoms in total. The smallest absolute Gasteiger partial charge is 0.136 e. The van der Waals surface area contributed by atoms with Gasteiger partial charge in [0.25, 0.3) is 0 Å². The van der Waals surface area contributed by atoms with Crippen LogP contribution in [0.2, 0.25) is 5.15 Å². The Morgan fingerprint density at radius 1 is 1.00 bits per heavy atom. The number of hydrogen-bond donors (Lipinski definition) is 0. The first-order chi connectivity index (χ1) is 9.84. The Morgan fingerprint density at radius 3 is 2.00 bits per heavy atom. The summed E-state index contributed by atoms with van der Waals surface area (Å²) in [5.74, 6) is 3.80. The Morgan fingerprint density at radius 2 is 1.52 bits per heavy atom. The molecule has 5 rings (SSSR count). The van der Waals surface area contributed by atoms with E-state index in [9.17, 15) is 0 Å². The summed E-state index contributed by atoms with van der Waals surface area (Å²) >= 11 is 6.35. The Labute approximate surface area is 132 Å². The zero-order valence-corrected chi connectivity index (χ0v) is 14.1. The van der Waals surface area contributed by atoms with Crippen molar-refractivity contribution in [2.75, 3.05) is 0 Å². The molecule has 0 atom stereocenters. The summed E-state index contributed by atoms with van der Waals surface area (Å²) in [6.45, 7) is 6.61. The van der Waals surface area contributed by atoms with Crippen molar-refractivity contribution in [3.05, 3.63) is 22.7 Å². The van der Waals surface area contributed by atoms with E-state index in [1.54, 1.807) is 0 Å². The zero-order chi connectivity index (χ0) is 14.8. The summed E-state index contributed by atoms with van der Waals surface area (Å²) in [6.07, 6.45) is 8.23. The SMILES string of the molecule is CC(C)(C)c1cc(Cl)nc(C23CC4CC(CC(C4)C2)C3)n1. The Bertz CT molecular complexity index is 538. The lowest BCUT2D eigenvalue weighted by atomic mass is 9.49. The quantitative estimate of drug-likeness (QED) is 0.690. The van der Waals surface area contributed by atoms with Crippen LogP contribution in [-0.4, -0.2) is 9.97 Å². The van der Waals surface area contributed by atoms with Gasteiger partial charge in [-0.1, -0.05) is 32.4 Å². The maximum atomic E-state index is 6.35. The molecule has 0 saturated heterocycles. The third kappa shape index (κ3) is 2.30. The molecule has 4 aliphatic carbocycles. The fourth-order valence-electron chi connectivity index (χ4n) is 5.42. The van der Waals surface area contributed by atoms with Gasteiger partial charge in [0.05, 0.1) is 5.69 Å². The number of halogens is 1. The second kappa shape index (κ2) is 4.44. The molecule has 1 aromatic heterocycles. The number of aromatic nitrogens is 2. The predicted molar refractivity (Wildman–Crippen MR) is 85.6 cm³/mol. The molecule has 0 aromatic carbocycles. The van der Waals surface area contributed by atoms with Crippen LogP contribution in [-0.2, 0) is 10.8 Å². The highest BCUT2D eigenvalue weighted by Crippen LogP contribution is 2.60. The molecule has 0 unspecified atom stereocenters. The number of hydrogen-bond acceptors (Lipinski definition) is 2. The van der Waals surface area contributed by atoms with E-state index in [1.165, 1.54) is 38.5 Å². The average molecular weight is 305 g/mol. The molecule has 1 heterocycles. The third-order valence-corrected chi connectivity index (χ3v) is 6.17. The molecule has 0 aliphatic heterocycles. The molecule has 4 saturated carbocycles. The van der Waals surface area contributed by atoms with Crippen molar-refractivity contribution >= 4 is 11.6 Å². The van der Waals surface area contributed by atoms with E-state index in [-0.39, 0.29) is 10.8 Å². The van der Waals surface area contributed by atoms with Gasteiger partial charge in [0.2, 0.25) is 0 Å². The van der Waals surface area contributed by atoms with Gasteiger partial charge in [0.1, 0.15) is 11.0 Å². The average Bonchev–Trinajstić information content (AvgIpc) is 2.35. The van der Waals surface area contributed by atoms with Crippen LogP contribution in [0, 0.1) is 17.8 Å². The van der Waals surface area contributed by atoms with Crippen LogP contribution in [0.3, 0.4) is 0 Å². The van der Waals surface area contributed by atoms with E-state index in [0.29, 0.717) is 5.15 Å².